The maximum atomic E-state index is 6.26. The van der Waals surface area contributed by atoms with Gasteiger partial charge in [-0.2, -0.15) is 0 Å². The minimum absolute atomic E-state index is 0.817. The predicted molar refractivity (Wildman–Crippen MR) is 85.0 cm³/mol. The molecule has 1 heterocycles. The van der Waals surface area contributed by atoms with Crippen LogP contribution in [0.4, 0.5) is 0 Å². The van der Waals surface area contributed by atoms with E-state index in [9.17, 15) is 0 Å². The van der Waals surface area contributed by atoms with E-state index in [1.165, 1.54) is 18.5 Å². The number of halogens is 2. The van der Waals surface area contributed by atoms with E-state index in [-0.39, 0.29) is 0 Å². The molecular formula is C14H8ClIS. The van der Waals surface area contributed by atoms with Crippen LogP contribution in [0.1, 0.15) is 0 Å². The van der Waals surface area contributed by atoms with Crippen molar-refractivity contribution >= 4 is 55.6 Å². The topological polar surface area (TPSA) is 0 Å². The van der Waals surface area contributed by atoms with Crippen LogP contribution in [0.5, 0.6) is 0 Å². The largest absolute Gasteiger partial charge is 0.134 e. The lowest BCUT2D eigenvalue weighted by molar-refractivity contribution is 1.68. The van der Waals surface area contributed by atoms with Gasteiger partial charge in [0, 0.05) is 24.2 Å². The molecular weight excluding hydrogens is 363 g/mol. The summed E-state index contributed by atoms with van der Waals surface area (Å²) < 4.78 is 2.60. The Hall–Kier alpha value is -0.580. The molecule has 0 fully saturated rings. The van der Waals surface area contributed by atoms with Crippen molar-refractivity contribution in [2.75, 3.05) is 0 Å². The van der Waals surface area contributed by atoms with Crippen molar-refractivity contribution in [3.05, 3.63) is 57.1 Å². The van der Waals surface area contributed by atoms with Gasteiger partial charge in [-0.25, -0.2) is 0 Å². The van der Waals surface area contributed by atoms with E-state index in [1.807, 2.05) is 18.2 Å². The van der Waals surface area contributed by atoms with E-state index >= 15 is 0 Å². The summed E-state index contributed by atoms with van der Waals surface area (Å²) in [5.74, 6) is 0. The van der Waals surface area contributed by atoms with Crippen LogP contribution in [0.15, 0.2) is 48.5 Å². The van der Waals surface area contributed by atoms with Gasteiger partial charge in [-0.05, 0) is 34.7 Å². The second kappa shape index (κ2) is 4.59. The van der Waals surface area contributed by atoms with Crippen LogP contribution in [-0.2, 0) is 0 Å². The van der Waals surface area contributed by atoms with E-state index in [2.05, 4.69) is 52.9 Å². The quantitative estimate of drug-likeness (QED) is 0.473. The molecule has 0 aliphatic heterocycles. The summed E-state index contributed by atoms with van der Waals surface area (Å²) >= 11 is 10.5. The van der Waals surface area contributed by atoms with Crippen molar-refractivity contribution in [2.24, 2.45) is 0 Å². The molecule has 84 valence electrons. The SMILES string of the molecule is Clc1ccccc1-c1sc2ccccc2c1I. The van der Waals surface area contributed by atoms with Gasteiger partial charge in [0.05, 0.1) is 4.88 Å². The molecule has 0 unspecified atom stereocenters. The minimum atomic E-state index is 0.817. The van der Waals surface area contributed by atoms with Crippen LogP contribution >= 0.6 is 45.5 Å². The molecule has 0 atom stereocenters. The summed E-state index contributed by atoms with van der Waals surface area (Å²) in [7, 11) is 0. The Morgan fingerprint density at radius 1 is 0.941 bits per heavy atom. The molecule has 17 heavy (non-hydrogen) atoms. The van der Waals surface area contributed by atoms with E-state index < -0.39 is 0 Å². The van der Waals surface area contributed by atoms with Crippen molar-refractivity contribution in [1.82, 2.24) is 0 Å². The van der Waals surface area contributed by atoms with Gasteiger partial charge in [0.1, 0.15) is 0 Å². The van der Waals surface area contributed by atoms with E-state index in [0.29, 0.717) is 0 Å². The molecule has 0 nitrogen and oxygen atoms in total. The molecule has 0 N–H and O–H groups in total. The maximum absolute atomic E-state index is 6.26. The van der Waals surface area contributed by atoms with E-state index in [4.69, 9.17) is 11.6 Å². The molecule has 0 radical (unpaired) electrons. The van der Waals surface area contributed by atoms with Crippen LogP contribution in [0.2, 0.25) is 5.02 Å². The number of thiophene rings is 1. The summed E-state index contributed by atoms with van der Waals surface area (Å²) in [6.07, 6.45) is 0. The van der Waals surface area contributed by atoms with Gasteiger partial charge in [-0.15, -0.1) is 11.3 Å². The number of benzene rings is 2. The molecule has 2 aromatic carbocycles. The monoisotopic (exact) mass is 370 g/mol. The summed E-state index contributed by atoms with van der Waals surface area (Å²) in [5.41, 5.74) is 1.12. The highest BCUT2D eigenvalue weighted by molar-refractivity contribution is 14.1. The van der Waals surface area contributed by atoms with Gasteiger partial charge >= 0.3 is 0 Å². The van der Waals surface area contributed by atoms with Gasteiger partial charge in [-0.1, -0.05) is 48.0 Å². The number of rotatable bonds is 1. The first-order chi connectivity index (χ1) is 8.27. The fourth-order valence-corrected chi connectivity index (χ4v) is 4.53. The fourth-order valence-electron chi connectivity index (χ4n) is 1.83. The zero-order valence-corrected chi connectivity index (χ0v) is 12.5. The number of hydrogen-bond acceptors (Lipinski definition) is 1. The van der Waals surface area contributed by atoms with Gasteiger partial charge < -0.3 is 0 Å². The van der Waals surface area contributed by atoms with Crippen LogP contribution in [0.25, 0.3) is 20.5 Å². The van der Waals surface area contributed by atoms with Crippen molar-refractivity contribution in [2.45, 2.75) is 0 Å². The zero-order chi connectivity index (χ0) is 11.8. The third kappa shape index (κ3) is 1.98. The van der Waals surface area contributed by atoms with Crippen molar-refractivity contribution < 1.29 is 0 Å². The van der Waals surface area contributed by atoms with E-state index in [0.717, 1.165) is 10.6 Å². The highest BCUT2D eigenvalue weighted by Gasteiger charge is 2.12. The summed E-state index contributed by atoms with van der Waals surface area (Å²) in [5, 5.41) is 2.13. The number of hydrogen-bond donors (Lipinski definition) is 0. The third-order valence-corrected chi connectivity index (χ3v) is 5.67. The van der Waals surface area contributed by atoms with Crippen molar-refractivity contribution in [3.8, 4) is 10.4 Å². The van der Waals surface area contributed by atoms with Crippen LogP contribution in [-0.4, -0.2) is 0 Å². The van der Waals surface area contributed by atoms with Crippen LogP contribution < -0.4 is 0 Å². The first-order valence-corrected chi connectivity index (χ1v) is 7.46. The lowest BCUT2D eigenvalue weighted by Crippen LogP contribution is -1.77. The van der Waals surface area contributed by atoms with Crippen LogP contribution in [0, 0.1) is 3.57 Å². The molecule has 0 spiro atoms. The second-order valence-electron chi connectivity index (χ2n) is 3.72. The Labute approximate surface area is 122 Å². The second-order valence-corrected chi connectivity index (χ2v) is 6.26. The van der Waals surface area contributed by atoms with E-state index in [1.54, 1.807) is 11.3 Å². The summed E-state index contributed by atoms with van der Waals surface area (Å²) in [6, 6.07) is 16.5. The summed E-state index contributed by atoms with van der Waals surface area (Å²) in [4.78, 5) is 1.26. The molecule has 3 rings (SSSR count). The first kappa shape index (κ1) is 11.5. The smallest absolute Gasteiger partial charge is 0.0503 e. The van der Waals surface area contributed by atoms with Gasteiger partial charge in [0.2, 0.25) is 0 Å². The number of fused-ring (bicyclic) bond motifs is 1. The Morgan fingerprint density at radius 3 is 2.41 bits per heavy atom. The molecule has 0 saturated carbocycles. The van der Waals surface area contributed by atoms with Crippen molar-refractivity contribution in [3.63, 3.8) is 0 Å². The average molecular weight is 371 g/mol. The highest BCUT2D eigenvalue weighted by atomic mass is 127. The standard InChI is InChI=1S/C14H8ClIS/c15-11-7-3-1-5-9(11)14-13(16)10-6-2-4-8-12(10)17-14/h1-8H. The van der Waals surface area contributed by atoms with Crippen molar-refractivity contribution in [1.29, 1.82) is 0 Å². The molecule has 0 bridgehead atoms. The molecule has 3 aromatic rings. The molecule has 0 amide bonds. The zero-order valence-electron chi connectivity index (χ0n) is 8.78. The lowest BCUT2D eigenvalue weighted by Gasteiger charge is -2.01. The van der Waals surface area contributed by atoms with Crippen LogP contribution in [0.3, 0.4) is 0 Å². The minimum Gasteiger partial charge on any atom is -0.134 e. The Bertz CT molecular complexity index is 688. The molecule has 0 aliphatic rings. The Kier molecular flexibility index (Phi) is 3.11. The molecule has 0 aliphatic carbocycles. The highest BCUT2D eigenvalue weighted by Crippen LogP contribution is 2.41. The molecule has 0 saturated heterocycles. The summed E-state index contributed by atoms with van der Waals surface area (Å²) in [6.45, 7) is 0. The molecule has 3 heteroatoms. The Morgan fingerprint density at radius 2 is 1.65 bits per heavy atom. The lowest BCUT2D eigenvalue weighted by atomic mass is 10.1. The molecule has 1 aromatic heterocycles. The van der Waals surface area contributed by atoms with Gasteiger partial charge in [0.15, 0.2) is 0 Å². The third-order valence-electron chi connectivity index (χ3n) is 2.65. The fraction of sp³-hybridized carbons (Fsp3) is 0. The Balaban J connectivity index is 2.32. The van der Waals surface area contributed by atoms with Gasteiger partial charge in [0.25, 0.3) is 0 Å². The average Bonchev–Trinajstić information content (AvgIpc) is 2.68. The normalized spacial score (nSPS) is 10.9. The maximum Gasteiger partial charge on any atom is 0.0503 e. The first-order valence-electron chi connectivity index (χ1n) is 5.19. The predicted octanol–water partition coefficient (Wildman–Crippen LogP) is 5.83. The van der Waals surface area contributed by atoms with Gasteiger partial charge in [-0.3, -0.25) is 0 Å².